The molecular weight excluding hydrogens is 186 g/mol. The summed E-state index contributed by atoms with van der Waals surface area (Å²) in [7, 11) is 1.82. The first-order chi connectivity index (χ1) is 7.26. The molecule has 0 aromatic heterocycles. The summed E-state index contributed by atoms with van der Waals surface area (Å²) in [6.07, 6.45) is 3.24. The first-order valence-corrected chi connectivity index (χ1v) is 4.91. The first-order valence-electron chi connectivity index (χ1n) is 4.91. The summed E-state index contributed by atoms with van der Waals surface area (Å²) in [5, 5.41) is 2.94. The van der Waals surface area contributed by atoms with Crippen molar-refractivity contribution in [3.05, 3.63) is 47.3 Å². The summed E-state index contributed by atoms with van der Waals surface area (Å²) < 4.78 is 0. The van der Waals surface area contributed by atoms with Crippen LogP contribution in [0.3, 0.4) is 0 Å². The van der Waals surface area contributed by atoms with Gasteiger partial charge in [-0.15, -0.1) is 0 Å². The van der Waals surface area contributed by atoms with Crippen molar-refractivity contribution in [1.29, 1.82) is 0 Å². The summed E-state index contributed by atoms with van der Waals surface area (Å²) in [6, 6.07) is 8.31. The third kappa shape index (κ3) is 3.85. The molecule has 1 aromatic carbocycles. The molecule has 15 heavy (non-hydrogen) atoms. The highest BCUT2D eigenvalue weighted by Crippen LogP contribution is 2.04. The standard InChI is InChI=1S/C12H17N3/c1-10-4-3-5-11(6-10)8-15-9-12(7-13)14-2/h3-7,9,14H,8,13H2,1-2H3/b12-7+,15-9?. The number of rotatable bonds is 4. The van der Waals surface area contributed by atoms with Gasteiger partial charge < -0.3 is 11.1 Å². The van der Waals surface area contributed by atoms with Crippen molar-refractivity contribution in [2.24, 2.45) is 10.7 Å². The monoisotopic (exact) mass is 203 g/mol. The molecule has 0 unspecified atom stereocenters. The lowest BCUT2D eigenvalue weighted by Gasteiger charge is -1.99. The summed E-state index contributed by atoms with van der Waals surface area (Å²) in [6.45, 7) is 2.76. The third-order valence-electron chi connectivity index (χ3n) is 2.05. The lowest BCUT2D eigenvalue weighted by molar-refractivity contribution is 1.02. The number of nitrogens with one attached hydrogen (secondary N) is 1. The van der Waals surface area contributed by atoms with E-state index >= 15 is 0 Å². The fourth-order valence-electron chi connectivity index (χ4n) is 1.25. The molecule has 3 heteroatoms. The number of aliphatic imine (C=N–C) groups is 1. The Morgan fingerprint density at radius 3 is 2.93 bits per heavy atom. The molecule has 0 saturated heterocycles. The van der Waals surface area contributed by atoms with Gasteiger partial charge in [0.25, 0.3) is 0 Å². The molecule has 0 spiro atoms. The minimum absolute atomic E-state index is 0.681. The number of hydrogen-bond acceptors (Lipinski definition) is 3. The minimum Gasteiger partial charge on any atom is -0.403 e. The number of aryl methyl sites for hydroxylation is 1. The zero-order valence-corrected chi connectivity index (χ0v) is 9.20. The molecule has 0 amide bonds. The van der Waals surface area contributed by atoms with Crippen LogP contribution in [0.15, 0.2) is 41.2 Å². The number of benzene rings is 1. The highest BCUT2D eigenvalue weighted by Gasteiger charge is 1.90. The lowest BCUT2D eigenvalue weighted by atomic mass is 10.1. The molecule has 0 aliphatic carbocycles. The molecule has 0 bridgehead atoms. The van der Waals surface area contributed by atoms with Crippen LogP contribution in [0.1, 0.15) is 11.1 Å². The lowest BCUT2D eigenvalue weighted by Crippen LogP contribution is -2.09. The van der Waals surface area contributed by atoms with Crippen LogP contribution in [0.4, 0.5) is 0 Å². The fourth-order valence-corrected chi connectivity index (χ4v) is 1.25. The predicted octanol–water partition coefficient (Wildman–Crippen LogP) is 1.59. The van der Waals surface area contributed by atoms with E-state index in [1.165, 1.54) is 17.3 Å². The molecule has 0 atom stereocenters. The van der Waals surface area contributed by atoms with E-state index in [2.05, 4.69) is 35.4 Å². The maximum atomic E-state index is 5.37. The van der Waals surface area contributed by atoms with Crippen LogP contribution in [0, 0.1) is 6.92 Å². The van der Waals surface area contributed by atoms with Crippen molar-refractivity contribution < 1.29 is 0 Å². The Kier molecular flexibility index (Phi) is 4.41. The molecule has 80 valence electrons. The highest BCUT2D eigenvalue weighted by molar-refractivity contribution is 5.77. The van der Waals surface area contributed by atoms with Gasteiger partial charge >= 0.3 is 0 Å². The molecule has 0 aliphatic heterocycles. The van der Waals surface area contributed by atoms with E-state index in [-0.39, 0.29) is 0 Å². The Labute approximate surface area is 90.7 Å². The van der Waals surface area contributed by atoms with E-state index < -0.39 is 0 Å². The maximum absolute atomic E-state index is 5.37. The number of nitrogens with two attached hydrogens (primary N) is 1. The van der Waals surface area contributed by atoms with Gasteiger partial charge in [0.05, 0.1) is 12.2 Å². The minimum atomic E-state index is 0.681. The van der Waals surface area contributed by atoms with Gasteiger partial charge in [-0.3, -0.25) is 4.99 Å². The molecule has 3 N–H and O–H groups in total. The second-order valence-electron chi connectivity index (χ2n) is 3.33. The number of nitrogens with zero attached hydrogens (tertiary/aromatic N) is 1. The highest BCUT2D eigenvalue weighted by atomic mass is 14.9. The predicted molar refractivity (Wildman–Crippen MR) is 64.7 cm³/mol. The average molecular weight is 203 g/mol. The Morgan fingerprint density at radius 2 is 2.33 bits per heavy atom. The Balaban J connectivity index is 2.57. The fraction of sp³-hybridized carbons (Fsp3) is 0.250. The summed E-state index contributed by atoms with van der Waals surface area (Å²) in [4.78, 5) is 4.29. The Hall–Kier alpha value is -1.77. The van der Waals surface area contributed by atoms with Crippen LogP contribution in [0.25, 0.3) is 0 Å². The normalized spacial score (nSPS) is 12.0. The molecule has 0 saturated carbocycles. The van der Waals surface area contributed by atoms with E-state index in [0.717, 1.165) is 5.70 Å². The zero-order chi connectivity index (χ0) is 11.1. The van der Waals surface area contributed by atoms with Crippen molar-refractivity contribution in [2.75, 3.05) is 7.05 Å². The summed E-state index contributed by atoms with van der Waals surface area (Å²) in [5.74, 6) is 0. The van der Waals surface area contributed by atoms with Crippen molar-refractivity contribution in [3.8, 4) is 0 Å². The Bertz CT molecular complexity index is 367. The zero-order valence-electron chi connectivity index (χ0n) is 9.20. The van der Waals surface area contributed by atoms with E-state index in [4.69, 9.17) is 5.73 Å². The average Bonchev–Trinajstić information content (AvgIpc) is 2.25. The van der Waals surface area contributed by atoms with Crippen LogP contribution >= 0.6 is 0 Å². The number of hydrogen-bond donors (Lipinski definition) is 2. The van der Waals surface area contributed by atoms with Gasteiger partial charge in [0.15, 0.2) is 0 Å². The third-order valence-corrected chi connectivity index (χ3v) is 2.05. The molecule has 0 heterocycles. The topological polar surface area (TPSA) is 50.4 Å². The van der Waals surface area contributed by atoms with Crippen LogP contribution in [-0.4, -0.2) is 13.3 Å². The molecule has 0 fully saturated rings. The SMILES string of the molecule is CN/C(C=NCc1cccc(C)c1)=C/N. The maximum Gasteiger partial charge on any atom is 0.0676 e. The molecular formula is C12H17N3. The van der Waals surface area contributed by atoms with Crippen molar-refractivity contribution >= 4 is 6.21 Å². The van der Waals surface area contributed by atoms with Crippen LogP contribution in [-0.2, 0) is 6.54 Å². The van der Waals surface area contributed by atoms with Gasteiger partial charge in [-0.25, -0.2) is 0 Å². The van der Waals surface area contributed by atoms with Gasteiger partial charge in [0, 0.05) is 19.5 Å². The summed E-state index contributed by atoms with van der Waals surface area (Å²) in [5.41, 5.74) is 8.66. The first kappa shape index (κ1) is 11.3. The second-order valence-corrected chi connectivity index (χ2v) is 3.33. The van der Waals surface area contributed by atoms with Crippen LogP contribution < -0.4 is 11.1 Å². The molecule has 0 aliphatic rings. The molecule has 0 radical (unpaired) electrons. The van der Waals surface area contributed by atoms with Gasteiger partial charge in [-0.05, 0) is 12.5 Å². The van der Waals surface area contributed by atoms with Gasteiger partial charge in [0.2, 0.25) is 0 Å². The smallest absolute Gasteiger partial charge is 0.0676 e. The number of allylic oxidation sites excluding steroid dienone is 1. The van der Waals surface area contributed by atoms with Crippen molar-refractivity contribution in [2.45, 2.75) is 13.5 Å². The molecule has 1 rings (SSSR count). The largest absolute Gasteiger partial charge is 0.403 e. The van der Waals surface area contributed by atoms with Gasteiger partial charge in [-0.2, -0.15) is 0 Å². The van der Waals surface area contributed by atoms with E-state index in [9.17, 15) is 0 Å². The second kappa shape index (κ2) is 5.86. The van der Waals surface area contributed by atoms with E-state index in [1.807, 2.05) is 13.1 Å². The summed E-state index contributed by atoms with van der Waals surface area (Å²) >= 11 is 0. The molecule has 1 aromatic rings. The van der Waals surface area contributed by atoms with Crippen LogP contribution in [0.2, 0.25) is 0 Å². The van der Waals surface area contributed by atoms with E-state index in [1.54, 1.807) is 6.21 Å². The molecule has 3 nitrogen and oxygen atoms in total. The van der Waals surface area contributed by atoms with Gasteiger partial charge in [-0.1, -0.05) is 29.8 Å². The Morgan fingerprint density at radius 1 is 1.53 bits per heavy atom. The quantitative estimate of drug-likeness (QED) is 0.730. The van der Waals surface area contributed by atoms with Gasteiger partial charge in [0.1, 0.15) is 0 Å². The van der Waals surface area contributed by atoms with Crippen molar-refractivity contribution in [1.82, 2.24) is 5.32 Å². The van der Waals surface area contributed by atoms with Crippen LogP contribution in [0.5, 0.6) is 0 Å². The van der Waals surface area contributed by atoms with Crippen molar-refractivity contribution in [3.63, 3.8) is 0 Å². The van der Waals surface area contributed by atoms with E-state index in [0.29, 0.717) is 6.54 Å².